The third-order valence-electron chi connectivity index (χ3n) is 4.84. The van der Waals surface area contributed by atoms with Gasteiger partial charge in [-0.2, -0.15) is 0 Å². The number of ketones is 1. The fourth-order valence-corrected chi connectivity index (χ4v) is 3.35. The Kier molecular flexibility index (Phi) is 5.68. The Morgan fingerprint density at radius 2 is 1.79 bits per heavy atom. The Bertz CT molecular complexity index is 993. The van der Waals surface area contributed by atoms with Gasteiger partial charge in [0.15, 0.2) is 0 Å². The van der Waals surface area contributed by atoms with Crippen LogP contribution in [-0.2, 0) is 14.4 Å². The van der Waals surface area contributed by atoms with Crippen molar-refractivity contribution in [1.29, 1.82) is 0 Å². The summed E-state index contributed by atoms with van der Waals surface area (Å²) in [6, 6.07) is 12.8. The number of amides is 1. The van der Waals surface area contributed by atoms with Crippen molar-refractivity contribution in [2.75, 3.05) is 13.7 Å². The van der Waals surface area contributed by atoms with Gasteiger partial charge in [-0.1, -0.05) is 42.0 Å². The number of carbonyl (C=O) groups is 3. The van der Waals surface area contributed by atoms with Crippen molar-refractivity contribution in [3.8, 4) is 5.75 Å². The summed E-state index contributed by atoms with van der Waals surface area (Å²) in [6.07, 6.45) is -0.321. The SMILES string of the molecule is COc1cccc([C@@H]2C(=C(O)c3ccc(C)cc3)C(=O)C(=O)N2CCC(=O)O)c1. The second-order valence-corrected chi connectivity index (χ2v) is 6.78. The number of likely N-dealkylation sites (tertiary alicyclic amines) is 1. The zero-order valence-corrected chi connectivity index (χ0v) is 16.1. The minimum atomic E-state index is -1.09. The van der Waals surface area contributed by atoms with Crippen LogP contribution < -0.4 is 4.74 Å². The minimum Gasteiger partial charge on any atom is -0.507 e. The molecule has 0 bridgehead atoms. The van der Waals surface area contributed by atoms with Gasteiger partial charge in [-0.05, 0) is 24.6 Å². The maximum Gasteiger partial charge on any atom is 0.305 e. The molecule has 7 nitrogen and oxygen atoms in total. The van der Waals surface area contributed by atoms with Gasteiger partial charge >= 0.3 is 5.97 Å². The van der Waals surface area contributed by atoms with E-state index in [1.54, 1.807) is 48.5 Å². The summed E-state index contributed by atoms with van der Waals surface area (Å²) in [5.41, 5.74) is 1.85. The maximum absolute atomic E-state index is 12.8. The molecule has 0 unspecified atom stereocenters. The zero-order valence-electron chi connectivity index (χ0n) is 16.1. The van der Waals surface area contributed by atoms with E-state index in [0.717, 1.165) is 5.56 Å². The van der Waals surface area contributed by atoms with Crippen LogP contribution in [0.15, 0.2) is 54.1 Å². The van der Waals surface area contributed by atoms with Gasteiger partial charge in [0.2, 0.25) is 0 Å². The molecule has 29 heavy (non-hydrogen) atoms. The van der Waals surface area contributed by atoms with Gasteiger partial charge in [0.25, 0.3) is 11.7 Å². The van der Waals surface area contributed by atoms with Gasteiger partial charge in [-0.3, -0.25) is 14.4 Å². The molecule has 0 radical (unpaired) electrons. The third-order valence-corrected chi connectivity index (χ3v) is 4.84. The Hall–Kier alpha value is -3.61. The van der Waals surface area contributed by atoms with Gasteiger partial charge in [0, 0.05) is 12.1 Å². The van der Waals surface area contributed by atoms with Gasteiger partial charge in [0.1, 0.15) is 11.5 Å². The first-order chi connectivity index (χ1) is 13.8. The number of aliphatic carboxylic acids is 1. The van der Waals surface area contributed by atoms with Gasteiger partial charge in [-0.25, -0.2) is 0 Å². The van der Waals surface area contributed by atoms with Gasteiger partial charge in [-0.15, -0.1) is 0 Å². The second kappa shape index (κ2) is 8.18. The van der Waals surface area contributed by atoms with E-state index in [2.05, 4.69) is 0 Å². The van der Waals surface area contributed by atoms with Crippen LogP contribution in [0.1, 0.15) is 29.2 Å². The summed E-state index contributed by atoms with van der Waals surface area (Å²) in [5, 5.41) is 19.9. The van der Waals surface area contributed by atoms with E-state index in [4.69, 9.17) is 9.84 Å². The molecular weight excluding hydrogens is 374 g/mol. The van der Waals surface area contributed by atoms with E-state index in [9.17, 15) is 19.5 Å². The summed E-state index contributed by atoms with van der Waals surface area (Å²) in [5.74, 6) is -2.56. The van der Waals surface area contributed by atoms with E-state index in [1.807, 2.05) is 6.92 Å². The van der Waals surface area contributed by atoms with E-state index in [1.165, 1.54) is 12.0 Å². The molecule has 2 N–H and O–H groups in total. The number of hydrogen-bond donors (Lipinski definition) is 2. The van der Waals surface area contributed by atoms with Crippen molar-refractivity contribution < 1.29 is 29.3 Å². The lowest BCUT2D eigenvalue weighted by Crippen LogP contribution is -2.31. The number of hydrogen-bond acceptors (Lipinski definition) is 5. The molecule has 1 aliphatic heterocycles. The van der Waals surface area contributed by atoms with Crippen LogP contribution in [0.3, 0.4) is 0 Å². The summed E-state index contributed by atoms with van der Waals surface area (Å²) < 4.78 is 5.23. The number of aliphatic hydroxyl groups excluding tert-OH is 1. The Morgan fingerprint density at radius 1 is 1.10 bits per heavy atom. The lowest BCUT2D eigenvalue weighted by Gasteiger charge is -2.25. The first-order valence-corrected chi connectivity index (χ1v) is 9.04. The number of carboxylic acid groups (broad SMARTS) is 1. The minimum absolute atomic E-state index is 0.0718. The predicted octanol–water partition coefficient (Wildman–Crippen LogP) is 2.90. The monoisotopic (exact) mass is 395 g/mol. The van der Waals surface area contributed by atoms with Crippen LogP contribution in [0.5, 0.6) is 5.75 Å². The number of aryl methyl sites for hydroxylation is 1. The number of ether oxygens (including phenoxy) is 1. The van der Waals surface area contributed by atoms with Crippen molar-refractivity contribution in [2.45, 2.75) is 19.4 Å². The fraction of sp³-hybridized carbons (Fsp3) is 0.227. The number of nitrogens with zero attached hydrogens (tertiary/aromatic N) is 1. The highest BCUT2D eigenvalue weighted by Crippen LogP contribution is 2.40. The summed E-state index contributed by atoms with van der Waals surface area (Å²) >= 11 is 0. The highest BCUT2D eigenvalue weighted by Gasteiger charge is 2.46. The molecule has 150 valence electrons. The number of carbonyl (C=O) groups excluding carboxylic acids is 2. The predicted molar refractivity (Wildman–Crippen MR) is 105 cm³/mol. The smallest absolute Gasteiger partial charge is 0.305 e. The molecule has 3 rings (SSSR count). The molecule has 2 aromatic rings. The van der Waals surface area contributed by atoms with Crippen LogP contribution in [0.2, 0.25) is 0 Å². The first kappa shape index (κ1) is 20.1. The van der Waals surface area contributed by atoms with E-state index in [-0.39, 0.29) is 24.3 Å². The molecular formula is C22H21NO6. The van der Waals surface area contributed by atoms with Gasteiger partial charge in [0.05, 0.1) is 25.1 Å². The molecule has 1 atom stereocenters. The Labute approximate surface area is 167 Å². The van der Waals surface area contributed by atoms with Crippen molar-refractivity contribution in [1.82, 2.24) is 4.90 Å². The number of rotatable bonds is 6. The number of Topliss-reactive ketones (excluding diaryl/α,β-unsaturated/α-hetero) is 1. The molecule has 0 spiro atoms. The fourth-order valence-electron chi connectivity index (χ4n) is 3.35. The average molecular weight is 395 g/mol. The lowest BCUT2D eigenvalue weighted by molar-refractivity contribution is -0.142. The standard InChI is InChI=1S/C22H21NO6/c1-13-6-8-14(9-7-13)20(26)18-19(15-4-3-5-16(12-15)29-2)23(11-10-17(24)25)22(28)21(18)27/h3-9,12,19,26H,10-11H2,1-2H3,(H,24,25)/t19-/m1/s1. The number of carboxylic acids is 1. The molecule has 0 aromatic heterocycles. The summed E-state index contributed by atoms with van der Waals surface area (Å²) in [6.45, 7) is 1.73. The summed E-state index contributed by atoms with van der Waals surface area (Å²) in [7, 11) is 1.49. The number of aliphatic hydroxyl groups is 1. The zero-order chi connectivity index (χ0) is 21.1. The summed E-state index contributed by atoms with van der Waals surface area (Å²) in [4.78, 5) is 37.7. The molecule has 2 aromatic carbocycles. The third kappa shape index (κ3) is 3.99. The molecule has 1 heterocycles. The number of benzene rings is 2. The molecule has 7 heteroatoms. The Balaban J connectivity index is 2.16. The van der Waals surface area contributed by atoms with Gasteiger partial charge < -0.3 is 19.8 Å². The normalized spacial score (nSPS) is 18.1. The van der Waals surface area contributed by atoms with Crippen LogP contribution in [0.25, 0.3) is 5.76 Å². The number of methoxy groups -OCH3 is 1. The molecule has 0 aliphatic carbocycles. The van der Waals surface area contributed by atoms with Crippen LogP contribution in [0.4, 0.5) is 0 Å². The molecule has 1 fully saturated rings. The van der Waals surface area contributed by atoms with Crippen molar-refractivity contribution in [3.63, 3.8) is 0 Å². The lowest BCUT2D eigenvalue weighted by atomic mass is 9.95. The van der Waals surface area contributed by atoms with Crippen molar-refractivity contribution in [3.05, 3.63) is 70.8 Å². The van der Waals surface area contributed by atoms with E-state index < -0.39 is 23.7 Å². The molecule has 1 amide bonds. The highest BCUT2D eigenvalue weighted by molar-refractivity contribution is 6.46. The van der Waals surface area contributed by atoms with Crippen LogP contribution in [0, 0.1) is 6.92 Å². The largest absolute Gasteiger partial charge is 0.507 e. The van der Waals surface area contributed by atoms with E-state index in [0.29, 0.717) is 16.9 Å². The van der Waals surface area contributed by atoms with Crippen molar-refractivity contribution >= 4 is 23.4 Å². The molecule has 1 saturated heterocycles. The second-order valence-electron chi connectivity index (χ2n) is 6.78. The quantitative estimate of drug-likeness (QED) is 0.443. The van der Waals surface area contributed by atoms with Crippen molar-refractivity contribution in [2.24, 2.45) is 0 Å². The Morgan fingerprint density at radius 3 is 2.41 bits per heavy atom. The maximum atomic E-state index is 12.8. The van der Waals surface area contributed by atoms with E-state index >= 15 is 0 Å². The highest BCUT2D eigenvalue weighted by atomic mass is 16.5. The average Bonchev–Trinajstić information content (AvgIpc) is 2.97. The molecule has 0 saturated carbocycles. The topological polar surface area (TPSA) is 104 Å². The van der Waals surface area contributed by atoms with Crippen LogP contribution >= 0.6 is 0 Å². The molecule has 1 aliphatic rings. The van der Waals surface area contributed by atoms with Crippen LogP contribution in [-0.4, -0.2) is 46.4 Å². The first-order valence-electron chi connectivity index (χ1n) is 9.04.